The van der Waals surface area contributed by atoms with Crippen molar-refractivity contribution in [2.24, 2.45) is 5.41 Å². The van der Waals surface area contributed by atoms with Crippen LogP contribution < -0.4 is 0 Å². The van der Waals surface area contributed by atoms with Gasteiger partial charge in [0.25, 0.3) is 0 Å². The van der Waals surface area contributed by atoms with Gasteiger partial charge in [-0.25, -0.2) is 8.42 Å². The molecule has 3 nitrogen and oxygen atoms in total. The fraction of sp³-hybridized carbons (Fsp3) is 1.00. The van der Waals surface area contributed by atoms with E-state index in [-0.39, 0.29) is 16.5 Å². The molecule has 0 spiro atoms. The van der Waals surface area contributed by atoms with E-state index in [9.17, 15) is 8.42 Å². The zero-order valence-electron chi connectivity index (χ0n) is 13.6. The molecule has 1 aliphatic heterocycles. The van der Waals surface area contributed by atoms with Gasteiger partial charge in [0.05, 0.1) is 0 Å². The maximum atomic E-state index is 12.4. The number of thioether (sulfide) groups is 1. The van der Waals surface area contributed by atoms with E-state index in [1.165, 1.54) is 0 Å². The monoisotopic (exact) mass is 399 g/mol. The van der Waals surface area contributed by atoms with Gasteiger partial charge in [-0.3, -0.25) is 4.90 Å². The Balaban J connectivity index is 2.93. The molecule has 0 bridgehead atoms. The second-order valence-electron chi connectivity index (χ2n) is 6.09. The van der Waals surface area contributed by atoms with E-state index >= 15 is 0 Å². The van der Waals surface area contributed by atoms with Crippen LogP contribution in [0.1, 0.15) is 46.5 Å². The summed E-state index contributed by atoms with van der Waals surface area (Å²) in [6, 6.07) is 0. The Labute approximate surface area is 143 Å². The van der Waals surface area contributed by atoms with Crippen molar-refractivity contribution in [3.05, 3.63) is 0 Å². The first-order chi connectivity index (χ1) is 9.94. The summed E-state index contributed by atoms with van der Waals surface area (Å²) in [6.45, 7) is 8.02. The summed E-state index contributed by atoms with van der Waals surface area (Å²) in [4.78, 5) is 2.25. The minimum absolute atomic E-state index is 0.215. The number of sulfone groups is 1. The molecule has 1 aliphatic rings. The minimum Gasteiger partial charge on any atom is -0.285 e. The predicted octanol–water partition coefficient (Wildman–Crippen LogP) is 3.78. The third kappa shape index (κ3) is 5.40. The smallest absolute Gasteiger partial charge is 0.166 e. The first-order valence-corrected chi connectivity index (χ1v) is 12.0. The van der Waals surface area contributed by atoms with Crippen LogP contribution in [-0.2, 0) is 9.84 Å². The van der Waals surface area contributed by atoms with Crippen molar-refractivity contribution in [3.8, 4) is 0 Å². The Morgan fingerprint density at radius 3 is 2.33 bits per heavy atom. The molecule has 6 heteroatoms. The number of hydrogen-bond donors (Lipinski definition) is 0. The van der Waals surface area contributed by atoms with Crippen molar-refractivity contribution in [1.29, 1.82) is 0 Å². The van der Waals surface area contributed by atoms with Gasteiger partial charge in [0, 0.05) is 35.7 Å². The predicted molar refractivity (Wildman–Crippen MR) is 98.2 cm³/mol. The first-order valence-electron chi connectivity index (χ1n) is 8.04. The molecule has 1 fully saturated rings. The third-order valence-corrected chi connectivity index (χ3v) is 8.91. The van der Waals surface area contributed by atoms with Crippen LogP contribution in [0, 0.1) is 5.41 Å². The Hall–Kier alpha value is 0.740. The molecule has 1 unspecified atom stereocenters. The Kier molecular flexibility index (Phi) is 8.61. The number of rotatable bonds is 9. The molecule has 0 aromatic heterocycles. The molecule has 0 amide bonds. The molecule has 1 atom stereocenters. The van der Waals surface area contributed by atoms with E-state index < -0.39 is 9.84 Å². The summed E-state index contributed by atoms with van der Waals surface area (Å²) < 4.78 is 24.8. The van der Waals surface area contributed by atoms with Crippen LogP contribution in [-0.4, -0.2) is 54.4 Å². The standard InChI is InChI=1S/C15H30BrNO2S2/c1-4-7-15(12-16,8-5-2)13-17-9-10-20-11-14(17)21(18,19)6-3/h14H,4-13H2,1-3H3. The lowest BCUT2D eigenvalue weighted by Crippen LogP contribution is -2.52. The van der Waals surface area contributed by atoms with Crippen molar-refractivity contribution >= 4 is 37.5 Å². The van der Waals surface area contributed by atoms with Gasteiger partial charge < -0.3 is 0 Å². The topological polar surface area (TPSA) is 37.4 Å². The summed E-state index contributed by atoms with van der Waals surface area (Å²) in [5, 5.41) is 0.679. The highest BCUT2D eigenvalue weighted by atomic mass is 79.9. The molecule has 126 valence electrons. The second kappa shape index (κ2) is 9.14. The zero-order chi connectivity index (χ0) is 15.9. The Morgan fingerprint density at radius 2 is 1.86 bits per heavy atom. The van der Waals surface area contributed by atoms with Gasteiger partial charge in [-0.15, -0.1) is 0 Å². The average Bonchev–Trinajstić information content (AvgIpc) is 2.48. The Morgan fingerprint density at radius 1 is 1.24 bits per heavy atom. The lowest BCUT2D eigenvalue weighted by atomic mass is 9.80. The molecule has 0 N–H and O–H groups in total. The van der Waals surface area contributed by atoms with Crippen LogP contribution in [0.5, 0.6) is 0 Å². The highest BCUT2D eigenvalue weighted by Gasteiger charge is 2.38. The molecule has 0 aromatic rings. The van der Waals surface area contributed by atoms with Crippen molar-refractivity contribution in [1.82, 2.24) is 4.90 Å². The van der Waals surface area contributed by atoms with Crippen molar-refractivity contribution < 1.29 is 8.42 Å². The van der Waals surface area contributed by atoms with Gasteiger partial charge in [0.1, 0.15) is 5.37 Å². The zero-order valence-corrected chi connectivity index (χ0v) is 16.8. The highest BCUT2D eigenvalue weighted by Crippen LogP contribution is 2.35. The lowest BCUT2D eigenvalue weighted by Gasteiger charge is -2.42. The molecule has 1 saturated heterocycles. The summed E-state index contributed by atoms with van der Waals surface area (Å²) in [5.41, 5.74) is 0.215. The molecule has 1 heterocycles. The van der Waals surface area contributed by atoms with Crippen molar-refractivity contribution in [2.45, 2.75) is 51.8 Å². The van der Waals surface area contributed by atoms with E-state index in [4.69, 9.17) is 0 Å². The van der Waals surface area contributed by atoms with Gasteiger partial charge in [-0.05, 0) is 18.3 Å². The van der Waals surface area contributed by atoms with Gasteiger partial charge >= 0.3 is 0 Å². The summed E-state index contributed by atoms with van der Waals surface area (Å²) in [7, 11) is -2.99. The van der Waals surface area contributed by atoms with Gasteiger partial charge in [-0.1, -0.05) is 49.5 Å². The van der Waals surface area contributed by atoms with Crippen LogP contribution in [0.3, 0.4) is 0 Å². The lowest BCUT2D eigenvalue weighted by molar-refractivity contribution is 0.144. The van der Waals surface area contributed by atoms with Gasteiger partial charge in [0.15, 0.2) is 9.84 Å². The molecule has 0 aromatic carbocycles. The van der Waals surface area contributed by atoms with Crippen LogP contribution in [0.4, 0.5) is 0 Å². The number of halogens is 1. The van der Waals surface area contributed by atoms with E-state index in [1.807, 2.05) is 0 Å². The fourth-order valence-electron chi connectivity index (χ4n) is 3.27. The molecule has 0 radical (unpaired) electrons. The highest BCUT2D eigenvalue weighted by molar-refractivity contribution is 9.09. The van der Waals surface area contributed by atoms with Crippen LogP contribution >= 0.6 is 27.7 Å². The summed E-state index contributed by atoms with van der Waals surface area (Å²) in [6.07, 6.45) is 4.63. The molecule has 0 saturated carbocycles. The molecule has 0 aliphatic carbocycles. The Bertz CT molecular complexity index is 394. The molecule has 21 heavy (non-hydrogen) atoms. The quantitative estimate of drug-likeness (QED) is 0.552. The first kappa shape index (κ1) is 19.8. The normalized spacial score (nSPS) is 21.6. The second-order valence-corrected chi connectivity index (χ2v) is 10.2. The van der Waals surface area contributed by atoms with Gasteiger partial charge in [-0.2, -0.15) is 11.8 Å². The fourth-order valence-corrected chi connectivity index (χ4v) is 7.09. The maximum Gasteiger partial charge on any atom is 0.166 e. The minimum atomic E-state index is -2.99. The average molecular weight is 400 g/mol. The van der Waals surface area contributed by atoms with E-state index in [1.54, 1.807) is 18.7 Å². The number of hydrogen-bond acceptors (Lipinski definition) is 4. The van der Waals surface area contributed by atoms with Crippen LogP contribution in [0.15, 0.2) is 0 Å². The number of nitrogens with zero attached hydrogens (tertiary/aromatic N) is 1. The maximum absolute atomic E-state index is 12.4. The van der Waals surface area contributed by atoms with Gasteiger partial charge in [0.2, 0.25) is 0 Å². The van der Waals surface area contributed by atoms with Crippen molar-refractivity contribution in [3.63, 3.8) is 0 Å². The third-order valence-electron chi connectivity index (χ3n) is 4.39. The molecular formula is C15H30BrNO2S2. The van der Waals surface area contributed by atoms with E-state index in [2.05, 4.69) is 34.7 Å². The molecule has 1 rings (SSSR count). The van der Waals surface area contributed by atoms with Crippen molar-refractivity contribution in [2.75, 3.05) is 35.7 Å². The van der Waals surface area contributed by atoms with Crippen LogP contribution in [0.25, 0.3) is 0 Å². The van der Waals surface area contributed by atoms with E-state index in [0.717, 1.165) is 55.6 Å². The summed E-state index contributed by atoms with van der Waals surface area (Å²) in [5.74, 6) is 2.02. The van der Waals surface area contributed by atoms with E-state index in [0.29, 0.717) is 0 Å². The van der Waals surface area contributed by atoms with Crippen LogP contribution in [0.2, 0.25) is 0 Å². The number of alkyl halides is 1. The SMILES string of the molecule is CCCC(CBr)(CCC)CN1CCSCC1S(=O)(=O)CC. The largest absolute Gasteiger partial charge is 0.285 e. The molecular weight excluding hydrogens is 370 g/mol. The summed E-state index contributed by atoms with van der Waals surface area (Å²) >= 11 is 5.48.